The highest BCUT2D eigenvalue weighted by Gasteiger charge is 2.51. The standard InChI is InChI=1S/C6H8F3NO2/c1-10-4(6(7,8)9)2-3(11)5(10)12/h3-4,11H,2H2,1H3. The SMILES string of the molecule is CN1C(=O)C(O)CC1C(F)(F)F. The van der Waals surface area contributed by atoms with Gasteiger partial charge >= 0.3 is 6.18 Å². The maximum absolute atomic E-state index is 12.1. The number of rotatable bonds is 0. The molecule has 0 aromatic heterocycles. The summed E-state index contributed by atoms with van der Waals surface area (Å²) in [5.74, 6) is -0.864. The van der Waals surface area contributed by atoms with Gasteiger partial charge in [0, 0.05) is 13.5 Å². The summed E-state index contributed by atoms with van der Waals surface area (Å²) in [5, 5.41) is 8.81. The number of carbonyl (C=O) groups excluding carboxylic acids is 1. The van der Waals surface area contributed by atoms with E-state index in [1.807, 2.05) is 0 Å². The van der Waals surface area contributed by atoms with Crippen LogP contribution in [0.15, 0.2) is 0 Å². The molecule has 0 saturated carbocycles. The zero-order chi connectivity index (χ0) is 9.52. The number of likely N-dealkylation sites (tertiary alicyclic amines) is 1. The quantitative estimate of drug-likeness (QED) is 0.580. The highest BCUT2D eigenvalue weighted by atomic mass is 19.4. The normalized spacial score (nSPS) is 31.4. The van der Waals surface area contributed by atoms with Gasteiger partial charge in [0.2, 0.25) is 0 Å². The molecule has 1 amide bonds. The Balaban J connectivity index is 2.78. The topological polar surface area (TPSA) is 40.5 Å². The number of nitrogens with zero attached hydrogens (tertiary/aromatic N) is 1. The summed E-state index contributed by atoms with van der Waals surface area (Å²) in [6, 6.07) is -1.83. The van der Waals surface area contributed by atoms with Crippen molar-refractivity contribution in [3.8, 4) is 0 Å². The minimum atomic E-state index is -4.44. The second-order valence-corrected chi connectivity index (χ2v) is 2.76. The lowest BCUT2D eigenvalue weighted by Crippen LogP contribution is -2.40. The number of halogens is 3. The largest absolute Gasteiger partial charge is 0.408 e. The van der Waals surface area contributed by atoms with Gasteiger partial charge in [-0.1, -0.05) is 0 Å². The summed E-state index contributed by atoms with van der Waals surface area (Å²) in [4.78, 5) is 11.3. The van der Waals surface area contributed by atoms with Gasteiger partial charge in [-0.2, -0.15) is 13.2 Å². The van der Waals surface area contributed by atoms with Gasteiger partial charge < -0.3 is 10.0 Å². The summed E-state index contributed by atoms with van der Waals surface area (Å²) in [6.07, 6.45) is -6.50. The fourth-order valence-electron chi connectivity index (χ4n) is 1.21. The van der Waals surface area contributed by atoms with Crippen molar-refractivity contribution < 1.29 is 23.1 Å². The van der Waals surface area contributed by atoms with E-state index in [1.54, 1.807) is 0 Å². The first-order valence-electron chi connectivity index (χ1n) is 3.35. The van der Waals surface area contributed by atoms with Gasteiger partial charge in [0.15, 0.2) is 0 Å². The van der Waals surface area contributed by atoms with E-state index in [0.717, 1.165) is 7.05 Å². The predicted molar refractivity (Wildman–Crippen MR) is 33.2 cm³/mol. The molecule has 2 unspecified atom stereocenters. The minimum Gasteiger partial charge on any atom is -0.383 e. The predicted octanol–water partition coefficient (Wildman–Crippen LogP) is 0.140. The van der Waals surface area contributed by atoms with Gasteiger partial charge in [-0.3, -0.25) is 4.79 Å². The van der Waals surface area contributed by atoms with Crippen LogP contribution in [0.4, 0.5) is 13.2 Å². The molecule has 1 heterocycles. The first-order valence-corrected chi connectivity index (χ1v) is 3.35. The molecule has 70 valence electrons. The molecule has 6 heteroatoms. The van der Waals surface area contributed by atoms with Crippen LogP contribution in [0, 0.1) is 0 Å². The average Bonchev–Trinajstić information content (AvgIpc) is 2.15. The fourth-order valence-corrected chi connectivity index (χ4v) is 1.21. The van der Waals surface area contributed by atoms with Gasteiger partial charge in [0.05, 0.1) is 0 Å². The van der Waals surface area contributed by atoms with E-state index in [4.69, 9.17) is 5.11 Å². The minimum absolute atomic E-state index is 0.532. The van der Waals surface area contributed by atoms with Crippen LogP contribution in [0.3, 0.4) is 0 Å². The Morgan fingerprint density at radius 2 is 2.08 bits per heavy atom. The van der Waals surface area contributed by atoms with E-state index < -0.39 is 30.7 Å². The van der Waals surface area contributed by atoms with Crippen LogP contribution in [-0.4, -0.2) is 41.3 Å². The van der Waals surface area contributed by atoms with E-state index in [0.29, 0.717) is 4.90 Å². The van der Waals surface area contributed by atoms with Crippen molar-refractivity contribution in [2.75, 3.05) is 7.05 Å². The van der Waals surface area contributed by atoms with E-state index in [9.17, 15) is 18.0 Å². The molecule has 0 radical (unpaired) electrons. The average molecular weight is 183 g/mol. The summed E-state index contributed by atoms with van der Waals surface area (Å²) >= 11 is 0. The molecule has 1 aliphatic heterocycles. The molecule has 1 aliphatic rings. The lowest BCUT2D eigenvalue weighted by atomic mass is 10.2. The lowest BCUT2D eigenvalue weighted by molar-refractivity contribution is -0.177. The molecule has 3 nitrogen and oxygen atoms in total. The smallest absolute Gasteiger partial charge is 0.383 e. The van der Waals surface area contributed by atoms with Crippen LogP contribution >= 0.6 is 0 Å². The third-order valence-electron chi connectivity index (χ3n) is 1.92. The summed E-state index contributed by atoms with van der Waals surface area (Å²) in [6.45, 7) is 0. The number of hydrogen-bond donors (Lipinski definition) is 1. The van der Waals surface area contributed by atoms with Gasteiger partial charge in [-0.05, 0) is 0 Å². The highest BCUT2D eigenvalue weighted by Crippen LogP contribution is 2.32. The summed E-state index contributed by atoms with van der Waals surface area (Å²) < 4.78 is 36.2. The van der Waals surface area contributed by atoms with Crippen LogP contribution in [0.25, 0.3) is 0 Å². The van der Waals surface area contributed by atoms with Crippen molar-refractivity contribution >= 4 is 5.91 Å². The van der Waals surface area contributed by atoms with Crippen molar-refractivity contribution in [2.45, 2.75) is 24.7 Å². The molecule has 1 saturated heterocycles. The lowest BCUT2D eigenvalue weighted by Gasteiger charge is -2.21. The zero-order valence-corrected chi connectivity index (χ0v) is 6.30. The van der Waals surface area contributed by atoms with Gasteiger partial charge in [0.1, 0.15) is 12.1 Å². The number of carbonyl (C=O) groups is 1. The van der Waals surface area contributed by atoms with Crippen LogP contribution in [0.1, 0.15) is 6.42 Å². The van der Waals surface area contributed by atoms with Crippen molar-refractivity contribution in [3.05, 3.63) is 0 Å². The molecular formula is C6H8F3NO2. The molecule has 1 fully saturated rings. The van der Waals surface area contributed by atoms with E-state index in [-0.39, 0.29) is 0 Å². The highest BCUT2D eigenvalue weighted by molar-refractivity contribution is 5.83. The second kappa shape index (κ2) is 2.62. The zero-order valence-electron chi connectivity index (χ0n) is 6.30. The Labute approximate surface area is 66.8 Å². The van der Waals surface area contributed by atoms with Gasteiger partial charge in [0.25, 0.3) is 5.91 Å². The van der Waals surface area contributed by atoms with E-state index in [2.05, 4.69) is 0 Å². The van der Waals surface area contributed by atoms with Crippen molar-refractivity contribution in [2.24, 2.45) is 0 Å². The Hall–Kier alpha value is -0.780. The first kappa shape index (κ1) is 9.31. The number of amides is 1. The molecule has 12 heavy (non-hydrogen) atoms. The maximum atomic E-state index is 12.1. The Morgan fingerprint density at radius 3 is 2.25 bits per heavy atom. The van der Waals surface area contributed by atoms with Gasteiger partial charge in [-0.15, -0.1) is 0 Å². The van der Waals surface area contributed by atoms with Gasteiger partial charge in [-0.25, -0.2) is 0 Å². The molecule has 0 bridgehead atoms. The van der Waals surface area contributed by atoms with E-state index >= 15 is 0 Å². The molecule has 0 spiro atoms. The first-order chi connectivity index (χ1) is 5.34. The molecule has 1 N–H and O–H groups in total. The van der Waals surface area contributed by atoms with Crippen molar-refractivity contribution in [1.82, 2.24) is 4.90 Å². The maximum Gasteiger partial charge on any atom is 0.408 e. The number of aliphatic hydroxyl groups is 1. The summed E-state index contributed by atoms with van der Waals surface area (Å²) in [5.41, 5.74) is 0. The fraction of sp³-hybridized carbons (Fsp3) is 0.833. The summed E-state index contributed by atoms with van der Waals surface area (Å²) in [7, 11) is 1.04. The molecule has 2 atom stereocenters. The van der Waals surface area contributed by atoms with E-state index in [1.165, 1.54) is 0 Å². The molecule has 0 aliphatic carbocycles. The monoisotopic (exact) mass is 183 g/mol. The van der Waals surface area contributed by atoms with Crippen LogP contribution < -0.4 is 0 Å². The van der Waals surface area contributed by atoms with Crippen LogP contribution in [0.5, 0.6) is 0 Å². The molecule has 1 rings (SSSR count). The number of aliphatic hydroxyl groups excluding tert-OH is 1. The number of alkyl halides is 3. The molecular weight excluding hydrogens is 175 g/mol. The van der Waals surface area contributed by atoms with Crippen LogP contribution in [0.2, 0.25) is 0 Å². The number of hydrogen-bond acceptors (Lipinski definition) is 2. The third kappa shape index (κ3) is 1.38. The Morgan fingerprint density at radius 1 is 1.58 bits per heavy atom. The molecule has 0 aromatic rings. The van der Waals surface area contributed by atoms with Crippen molar-refractivity contribution in [3.63, 3.8) is 0 Å². The second-order valence-electron chi connectivity index (χ2n) is 2.76. The Bertz CT molecular complexity index is 203. The van der Waals surface area contributed by atoms with Crippen molar-refractivity contribution in [1.29, 1.82) is 0 Å². The van der Waals surface area contributed by atoms with Crippen LogP contribution in [-0.2, 0) is 4.79 Å². The Kier molecular flexibility index (Phi) is 2.03. The third-order valence-corrected chi connectivity index (χ3v) is 1.92. The number of likely N-dealkylation sites (N-methyl/N-ethyl adjacent to an activating group) is 1. The molecule has 0 aromatic carbocycles.